The number of amides is 2. The summed E-state index contributed by atoms with van der Waals surface area (Å²) in [5, 5.41) is 9.56. The second-order valence-corrected chi connectivity index (χ2v) is 7.05. The van der Waals surface area contributed by atoms with Crippen molar-refractivity contribution in [3.63, 3.8) is 0 Å². The number of hydrogen-bond donors (Lipinski definition) is 2. The van der Waals surface area contributed by atoms with E-state index in [-0.39, 0.29) is 17.7 Å². The molecule has 2 N–H and O–H groups in total. The van der Waals surface area contributed by atoms with Crippen molar-refractivity contribution in [3.8, 4) is 0 Å². The molecule has 0 saturated carbocycles. The average Bonchev–Trinajstić information content (AvgIpc) is 2.88. The number of rotatable bonds is 7. The van der Waals surface area contributed by atoms with Crippen LogP contribution in [0.25, 0.3) is 0 Å². The number of carbonyl (C=O) groups excluding carboxylic acids is 2. The maximum absolute atomic E-state index is 12.0. The first-order valence-electron chi connectivity index (χ1n) is 8.07. The van der Waals surface area contributed by atoms with Crippen LogP contribution in [-0.4, -0.2) is 22.7 Å². The van der Waals surface area contributed by atoms with Crippen LogP contribution in [0.5, 0.6) is 0 Å². The molecule has 0 aliphatic heterocycles. The summed E-state index contributed by atoms with van der Waals surface area (Å²) in [6.07, 6.45) is 0. The highest BCUT2D eigenvalue weighted by Gasteiger charge is 2.11. The van der Waals surface area contributed by atoms with Crippen LogP contribution in [0.1, 0.15) is 30.9 Å². The first-order valence-corrected chi connectivity index (χ1v) is 9.22. The lowest BCUT2D eigenvalue weighted by atomic mass is 10.2. The Kier molecular flexibility index (Phi) is 6.64. The van der Waals surface area contributed by atoms with Crippen LogP contribution in [0.3, 0.4) is 0 Å². The molecule has 0 saturated heterocycles. The zero-order valence-electron chi connectivity index (χ0n) is 14.9. The number of anilines is 2. The third-order valence-corrected chi connectivity index (χ3v) is 4.58. The molecule has 0 aliphatic rings. The zero-order valence-corrected chi connectivity index (χ0v) is 15.7. The minimum Gasteiger partial charge on any atom is -0.361 e. The quantitative estimate of drug-likeness (QED) is 0.784. The van der Waals surface area contributed by atoms with Gasteiger partial charge in [0.15, 0.2) is 0 Å². The lowest BCUT2D eigenvalue weighted by Crippen LogP contribution is -2.18. The second-order valence-electron chi connectivity index (χ2n) is 6.07. The van der Waals surface area contributed by atoms with Crippen molar-refractivity contribution in [2.45, 2.75) is 33.4 Å². The van der Waals surface area contributed by atoms with E-state index in [1.54, 1.807) is 24.3 Å². The van der Waals surface area contributed by atoms with Crippen molar-refractivity contribution < 1.29 is 14.1 Å². The maximum atomic E-state index is 12.0. The number of aryl methyl sites for hydroxylation is 2. The Hall–Kier alpha value is -2.28. The molecule has 6 nitrogen and oxygen atoms in total. The summed E-state index contributed by atoms with van der Waals surface area (Å²) in [6, 6.07) is 7.08. The van der Waals surface area contributed by atoms with Gasteiger partial charge < -0.3 is 15.2 Å². The van der Waals surface area contributed by atoms with E-state index in [4.69, 9.17) is 4.52 Å². The monoisotopic (exact) mass is 361 g/mol. The van der Waals surface area contributed by atoms with E-state index in [0.717, 1.165) is 17.0 Å². The molecule has 1 heterocycles. The summed E-state index contributed by atoms with van der Waals surface area (Å²) in [7, 11) is 0. The van der Waals surface area contributed by atoms with Gasteiger partial charge in [-0.1, -0.05) is 19.0 Å². The minimum atomic E-state index is -0.0749. The van der Waals surface area contributed by atoms with Crippen LogP contribution < -0.4 is 10.6 Å². The molecule has 2 amide bonds. The lowest BCUT2D eigenvalue weighted by molar-refractivity contribution is -0.119. The van der Waals surface area contributed by atoms with E-state index >= 15 is 0 Å². The van der Waals surface area contributed by atoms with Gasteiger partial charge in [0.2, 0.25) is 11.8 Å². The summed E-state index contributed by atoms with van der Waals surface area (Å²) in [5.41, 5.74) is 3.32. The number of nitrogens with zero attached hydrogens (tertiary/aromatic N) is 1. The first-order chi connectivity index (χ1) is 11.9. The minimum absolute atomic E-state index is 0.0347. The zero-order chi connectivity index (χ0) is 18.4. The first kappa shape index (κ1) is 19.1. The predicted octanol–water partition coefficient (Wildman–Crippen LogP) is 3.76. The maximum Gasteiger partial charge on any atom is 0.234 e. The molecule has 134 valence electrons. The van der Waals surface area contributed by atoms with Gasteiger partial charge in [-0.25, -0.2) is 0 Å². The number of benzene rings is 1. The van der Waals surface area contributed by atoms with E-state index < -0.39 is 0 Å². The van der Waals surface area contributed by atoms with Gasteiger partial charge in [-0.3, -0.25) is 9.59 Å². The SMILES string of the molecule is Cc1noc(C)c1CSCC(=O)Nc1ccc(NC(=O)C(C)C)cc1. The largest absolute Gasteiger partial charge is 0.361 e. The Morgan fingerprint density at radius 3 is 2.24 bits per heavy atom. The number of carbonyl (C=O) groups is 2. The Labute approximate surface area is 151 Å². The number of hydrogen-bond acceptors (Lipinski definition) is 5. The normalized spacial score (nSPS) is 10.8. The molecule has 2 rings (SSSR count). The highest BCUT2D eigenvalue weighted by molar-refractivity contribution is 7.99. The van der Waals surface area contributed by atoms with Crippen LogP contribution in [0.15, 0.2) is 28.8 Å². The van der Waals surface area contributed by atoms with Crippen molar-refractivity contribution in [2.75, 3.05) is 16.4 Å². The third-order valence-electron chi connectivity index (χ3n) is 3.62. The fraction of sp³-hybridized carbons (Fsp3) is 0.389. The summed E-state index contributed by atoms with van der Waals surface area (Å²) in [4.78, 5) is 23.7. The number of aromatic nitrogens is 1. The third kappa shape index (κ3) is 5.63. The Balaban J connectivity index is 1.79. The molecule has 7 heteroatoms. The van der Waals surface area contributed by atoms with Crippen molar-refractivity contribution in [2.24, 2.45) is 5.92 Å². The summed E-state index contributed by atoms with van der Waals surface area (Å²) in [5.74, 6) is 1.65. The second kappa shape index (κ2) is 8.71. The van der Waals surface area contributed by atoms with Gasteiger partial charge >= 0.3 is 0 Å². The molecule has 0 unspecified atom stereocenters. The average molecular weight is 361 g/mol. The van der Waals surface area contributed by atoms with Gasteiger partial charge in [0.1, 0.15) is 5.76 Å². The van der Waals surface area contributed by atoms with Crippen molar-refractivity contribution >= 4 is 35.0 Å². The lowest BCUT2D eigenvalue weighted by Gasteiger charge is -2.09. The highest BCUT2D eigenvalue weighted by atomic mass is 32.2. The van der Waals surface area contributed by atoms with Crippen molar-refractivity contribution in [3.05, 3.63) is 41.3 Å². The molecule has 1 aromatic heterocycles. The summed E-state index contributed by atoms with van der Waals surface area (Å²) in [6.45, 7) is 7.44. The van der Waals surface area contributed by atoms with E-state index in [2.05, 4.69) is 15.8 Å². The molecular formula is C18H23N3O3S. The van der Waals surface area contributed by atoms with Gasteiger partial charge in [0.05, 0.1) is 11.4 Å². The van der Waals surface area contributed by atoms with E-state index in [1.807, 2.05) is 27.7 Å². The smallest absolute Gasteiger partial charge is 0.234 e. The Morgan fingerprint density at radius 1 is 1.12 bits per heavy atom. The molecule has 2 aromatic rings. The van der Waals surface area contributed by atoms with E-state index in [9.17, 15) is 9.59 Å². The molecule has 0 radical (unpaired) electrons. The number of thioether (sulfide) groups is 1. The van der Waals surface area contributed by atoms with Gasteiger partial charge in [-0.05, 0) is 38.1 Å². The van der Waals surface area contributed by atoms with Gasteiger partial charge in [-0.2, -0.15) is 0 Å². The summed E-state index contributed by atoms with van der Waals surface area (Å²) < 4.78 is 5.11. The van der Waals surface area contributed by atoms with Gasteiger partial charge in [0, 0.05) is 28.6 Å². The van der Waals surface area contributed by atoms with Crippen LogP contribution in [0.4, 0.5) is 11.4 Å². The number of nitrogens with one attached hydrogen (secondary N) is 2. The molecule has 0 spiro atoms. The molecule has 0 aliphatic carbocycles. The topological polar surface area (TPSA) is 84.2 Å². The predicted molar refractivity (Wildman–Crippen MR) is 101 cm³/mol. The fourth-order valence-electron chi connectivity index (χ4n) is 2.07. The highest BCUT2D eigenvalue weighted by Crippen LogP contribution is 2.20. The molecule has 25 heavy (non-hydrogen) atoms. The standard InChI is InChI=1S/C18H23N3O3S/c1-11(2)18(23)20-15-7-5-14(6-8-15)19-17(22)10-25-9-16-12(3)21-24-13(16)4/h5-8,11H,9-10H2,1-4H3,(H,19,22)(H,20,23). The molecule has 0 atom stereocenters. The van der Waals surface area contributed by atoms with Crippen LogP contribution in [-0.2, 0) is 15.3 Å². The van der Waals surface area contributed by atoms with Crippen molar-refractivity contribution in [1.29, 1.82) is 0 Å². The molecule has 0 bridgehead atoms. The Bertz CT molecular complexity index is 719. The van der Waals surface area contributed by atoms with Gasteiger partial charge in [0.25, 0.3) is 0 Å². The van der Waals surface area contributed by atoms with E-state index in [0.29, 0.717) is 22.9 Å². The van der Waals surface area contributed by atoms with Gasteiger partial charge in [-0.15, -0.1) is 11.8 Å². The van der Waals surface area contributed by atoms with Crippen molar-refractivity contribution in [1.82, 2.24) is 5.16 Å². The van der Waals surface area contributed by atoms with Crippen LogP contribution in [0, 0.1) is 19.8 Å². The van der Waals surface area contributed by atoms with Crippen LogP contribution in [0.2, 0.25) is 0 Å². The molecular weight excluding hydrogens is 338 g/mol. The van der Waals surface area contributed by atoms with E-state index in [1.165, 1.54) is 11.8 Å². The van der Waals surface area contributed by atoms with Crippen LogP contribution >= 0.6 is 11.8 Å². The molecule has 1 aromatic carbocycles. The summed E-state index contributed by atoms with van der Waals surface area (Å²) >= 11 is 1.51. The fourth-order valence-corrected chi connectivity index (χ4v) is 3.05. The Morgan fingerprint density at radius 2 is 1.72 bits per heavy atom. The molecule has 0 fully saturated rings.